The summed E-state index contributed by atoms with van der Waals surface area (Å²) < 4.78 is 26.5. The van der Waals surface area contributed by atoms with Gasteiger partial charge in [-0.05, 0) is 11.8 Å². The monoisotopic (exact) mass is 208 g/mol. The van der Waals surface area contributed by atoms with Crippen LogP contribution in [0, 0.1) is 0 Å². The van der Waals surface area contributed by atoms with Crippen LogP contribution in [0.15, 0.2) is 17.6 Å². The molecule has 72 valence electrons. The second-order valence-corrected chi connectivity index (χ2v) is 3.33. The van der Waals surface area contributed by atoms with Crippen molar-refractivity contribution in [2.45, 2.75) is 10.4 Å². The number of nitrogens with zero attached hydrogens (tertiary/aromatic N) is 2. The molecule has 1 rings (SSSR count). The Kier molecular flexibility index (Phi) is 2.55. The van der Waals surface area contributed by atoms with Crippen LogP contribution in [0.5, 0.6) is 0 Å². The Morgan fingerprint density at radius 2 is 2.38 bits per heavy atom. The number of alkyl halides is 2. The summed E-state index contributed by atoms with van der Waals surface area (Å²) in [4.78, 5) is 13.6. The number of carboxylic acids is 1. The molecule has 0 fully saturated rings. The highest BCUT2D eigenvalue weighted by Gasteiger charge is 2.41. The number of rotatable bonds is 3. The van der Waals surface area contributed by atoms with E-state index in [1.54, 1.807) is 0 Å². The minimum atomic E-state index is -3.83. The molecule has 1 N–H and O–H groups in total. The number of halogens is 2. The van der Waals surface area contributed by atoms with E-state index in [0.717, 1.165) is 0 Å². The van der Waals surface area contributed by atoms with Crippen molar-refractivity contribution >= 4 is 17.7 Å². The van der Waals surface area contributed by atoms with Crippen molar-refractivity contribution in [1.29, 1.82) is 0 Å². The zero-order valence-corrected chi connectivity index (χ0v) is 7.39. The van der Waals surface area contributed by atoms with Gasteiger partial charge in [0.2, 0.25) is 0 Å². The molecule has 4 nitrogen and oxygen atoms in total. The third-order valence-electron chi connectivity index (χ3n) is 1.25. The maximum Gasteiger partial charge on any atom is 0.395 e. The van der Waals surface area contributed by atoms with Crippen LogP contribution in [-0.4, -0.2) is 25.9 Å². The number of aromatic nitrogens is 2. The molecule has 1 heterocycles. The molecule has 0 saturated heterocycles. The van der Waals surface area contributed by atoms with Gasteiger partial charge in [0.25, 0.3) is 0 Å². The van der Waals surface area contributed by atoms with E-state index in [1.165, 1.54) is 24.0 Å². The SMILES string of the molecule is Cn1ccnc1SC(F)(F)C(=O)O. The normalized spacial score (nSPS) is 11.6. The smallest absolute Gasteiger partial charge is 0.395 e. The fraction of sp³-hybridized carbons (Fsp3) is 0.333. The minimum absolute atomic E-state index is 0.0348. The lowest BCUT2D eigenvalue weighted by molar-refractivity contribution is -0.152. The van der Waals surface area contributed by atoms with Crippen molar-refractivity contribution < 1.29 is 18.7 Å². The molecule has 0 saturated carbocycles. The van der Waals surface area contributed by atoms with Gasteiger partial charge in [-0.3, -0.25) is 0 Å². The van der Waals surface area contributed by atoms with Gasteiger partial charge in [0.05, 0.1) is 0 Å². The van der Waals surface area contributed by atoms with Gasteiger partial charge in [-0.2, -0.15) is 8.78 Å². The molecule has 0 unspecified atom stereocenters. The summed E-state index contributed by atoms with van der Waals surface area (Å²) in [6.45, 7) is 0. The van der Waals surface area contributed by atoms with Crippen LogP contribution in [0.3, 0.4) is 0 Å². The van der Waals surface area contributed by atoms with Crippen molar-refractivity contribution in [1.82, 2.24) is 9.55 Å². The Balaban J connectivity index is 2.80. The van der Waals surface area contributed by atoms with E-state index >= 15 is 0 Å². The van der Waals surface area contributed by atoms with Crippen molar-refractivity contribution in [2.75, 3.05) is 0 Å². The third-order valence-corrected chi connectivity index (χ3v) is 2.25. The van der Waals surface area contributed by atoms with Gasteiger partial charge in [-0.25, -0.2) is 9.78 Å². The van der Waals surface area contributed by atoms with E-state index in [-0.39, 0.29) is 16.9 Å². The van der Waals surface area contributed by atoms with E-state index in [4.69, 9.17) is 5.11 Å². The molecule has 13 heavy (non-hydrogen) atoms. The number of aliphatic carboxylic acids is 1. The molecule has 0 bridgehead atoms. The second kappa shape index (κ2) is 3.33. The van der Waals surface area contributed by atoms with Crippen LogP contribution >= 0.6 is 11.8 Å². The van der Waals surface area contributed by atoms with Gasteiger partial charge in [-0.1, -0.05) is 0 Å². The summed E-state index contributed by atoms with van der Waals surface area (Å²) in [7, 11) is 1.51. The lowest BCUT2D eigenvalue weighted by Crippen LogP contribution is -2.24. The molecule has 0 spiro atoms. The Morgan fingerprint density at radius 3 is 2.77 bits per heavy atom. The first kappa shape index (κ1) is 9.97. The highest BCUT2D eigenvalue weighted by Crippen LogP contribution is 2.34. The summed E-state index contributed by atoms with van der Waals surface area (Å²) in [6.07, 6.45) is 2.78. The first-order valence-electron chi connectivity index (χ1n) is 3.21. The molecule has 0 radical (unpaired) electrons. The Morgan fingerprint density at radius 1 is 1.77 bits per heavy atom. The molecule has 0 aliphatic carbocycles. The van der Waals surface area contributed by atoms with E-state index in [1.807, 2.05) is 0 Å². The largest absolute Gasteiger partial charge is 0.476 e. The van der Waals surface area contributed by atoms with Crippen LogP contribution in [-0.2, 0) is 11.8 Å². The van der Waals surface area contributed by atoms with Crippen LogP contribution in [0.25, 0.3) is 0 Å². The standard InChI is InChI=1S/C6H6F2N2O2S/c1-10-3-2-9-5(10)13-6(7,8)4(11)12/h2-3H,1H3,(H,11,12). The topological polar surface area (TPSA) is 55.1 Å². The van der Waals surface area contributed by atoms with Gasteiger partial charge < -0.3 is 9.67 Å². The van der Waals surface area contributed by atoms with Gasteiger partial charge in [0.1, 0.15) is 0 Å². The molecule has 0 aliphatic heterocycles. The molecule has 1 aromatic rings. The number of imidazole rings is 1. The van der Waals surface area contributed by atoms with E-state index in [2.05, 4.69) is 4.98 Å². The molecule has 0 amide bonds. The summed E-state index contributed by atoms with van der Waals surface area (Å²) in [6, 6.07) is 0. The maximum absolute atomic E-state index is 12.6. The molecular weight excluding hydrogens is 202 g/mol. The van der Waals surface area contributed by atoms with Gasteiger partial charge in [-0.15, -0.1) is 0 Å². The van der Waals surface area contributed by atoms with Gasteiger partial charge in [0.15, 0.2) is 5.16 Å². The van der Waals surface area contributed by atoms with E-state index in [9.17, 15) is 13.6 Å². The Bertz CT molecular complexity index is 326. The zero-order chi connectivity index (χ0) is 10.1. The van der Waals surface area contributed by atoms with Crippen LogP contribution in [0.1, 0.15) is 0 Å². The number of thioether (sulfide) groups is 1. The van der Waals surface area contributed by atoms with Crippen molar-refractivity contribution in [3.8, 4) is 0 Å². The molecule has 0 aromatic carbocycles. The van der Waals surface area contributed by atoms with Crippen molar-refractivity contribution in [3.63, 3.8) is 0 Å². The van der Waals surface area contributed by atoms with E-state index in [0.29, 0.717) is 0 Å². The molecule has 7 heteroatoms. The number of carbonyl (C=O) groups is 1. The quantitative estimate of drug-likeness (QED) is 0.758. The molecule has 0 atom stereocenters. The van der Waals surface area contributed by atoms with E-state index < -0.39 is 11.2 Å². The van der Waals surface area contributed by atoms with Crippen LogP contribution in [0.4, 0.5) is 8.78 Å². The summed E-state index contributed by atoms with van der Waals surface area (Å²) in [5.41, 5.74) is 0. The zero-order valence-electron chi connectivity index (χ0n) is 6.57. The average molecular weight is 208 g/mol. The predicted molar refractivity (Wildman–Crippen MR) is 41.6 cm³/mol. The Labute approximate surface area is 76.6 Å². The van der Waals surface area contributed by atoms with Crippen LogP contribution < -0.4 is 0 Å². The van der Waals surface area contributed by atoms with Gasteiger partial charge in [0, 0.05) is 19.4 Å². The predicted octanol–water partition coefficient (Wildman–Crippen LogP) is 1.19. The summed E-state index contributed by atoms with van der Waals surface area (Å²) in [5, 5.41) is 4.25. The van der Waals surface area contributed by atoms with Crippen molar-refractivity contribution in [2.24, 2.45) is 7.05 Å². The second-order valence-electron chi connectivity index (χ2n) is 2.24. The minimum Gasteiger partial charge on any atom is -0.476 e. The lowest BCUT2D eigenvalue weighted by atomic mass is 10.7. The first-order valence-corrected chi connectivity index (χ1v) is 4.02. The number of hydrogen-bond donors (Lipinski definition) is 1. The fourth-order valence-corrected chi connectivity index (χ4v) is 1.24. The molecular formula is C6H6F2N2O2S. The molecule has 1 aromatic heterocycles. The summed E-state index contributed by atoms with van der Waals surface area (Å²) >= 11 is -0.0938. The third kappa shape index (κ3) is 2.18. The highest BCUT2D eigenvalue weighted by molar-refractivity contribution is 8.00. The van der Waals surface area contributed by atoms with Crippen LogP contribution in [0.2, 0.25) is 0 Å². The first-order chi connectivity index (χ1) is 5.93. The average Bonchev–Trinajstić information content (AvgIpc) is 2.35. The van der Waals surface area contributed by atoms with Gasteiger partial charge >= 0.3 is 11.2 Å². The number of aryl methyl sites for hydroxylation is 1. The van der Waals surface area contributed by atoms with Crippen molar-refractivity contribution in [3.05, 3.63) is 12.4 Å². The molecule has 0 aliphatic rings. The number of carboxylic acid groups (broad SMARTS) is 1. The fourth-order valence-electron chi connectivity index (χ4n) is 0.609. The Hall–Kier alpha value is -1.11. The number of hydrogen-bond acceptors (Lipinski definition) is 3. The highest BCUT2D eigenvalue weighted by atomic mass is 32.2. The summed E-state index contributed by atoms with van der Waals surface area (Å²) in [5.74, 6) is -2.17. The lowest BCUT2D eigenvalue weighted by Gasteiger charge is -2.08. The maximum atomic E-state index is 12.6.